The van der Waals surface area contributed by atoms with Gasteiger partial charge in [0.15, 0.2) is 5.11 Å². The summed E-state index contributed by atoms with van der Waals surface area (Å²) in [7, 11) is 0. The number of hydrogen-bond donors (Lipinski definition) is 3. The average Bonchev–Trinajstić information content (AvgIpc) is 2.82. The van der Waals surface area contributed by atoms with Crippen LogP contribution in [-0.4, -0.2) is 54.6 Å². The van der Waals surface area contributed by atoms with Crippen molar-refractivity contribution >= 4 is 40.9 Å². The van der Waals surface area contributed by atoms with Gasteiger partial charge in [-0.2, -0.15) is 0 Å². The molecule has 0 fully saturated rings. The number of anilines is 1. The lowest BCUT2D eigenvalue weighted by Crippen LogP contribution is -2.34. The maximum atomic E-state index is 12.3. The molecule has 0 unspecified atom stereocenters. The Morgan fingerprint density at radius 3 is 2.27 bits per heavy atom. The Labute approximate surface area is 201 Å². The fourth-order valence-electron chi connectivity index (χ4n) is 3.00. The van der Waals surface area contributed by atoms with Crippen LogP contribution in [-0.2, 0) is 4.79 Å². The molecule has 0 aromatic heterocycles. The Morgan fingerprint density at radius 1 is 1.00 bits per heavy atom. The van der Waals surface area contributed by atoms with E-state index in [4.69, 9.17) is 17.0 Å². The molecule has 176 valence electrons. The Kier molecular flexibility index (Phi) is 11.1. The highest BCUT2D eigenvalue weighted by atomic mass is 32.1. The van der Waals surface area contributed by atoms with Gasteiger partial charge >= 0.3 is 0 Å². The van der Waals surface area contributed by atoms with E-state index in [0.717, 1.165) is 30.9 Å². The van der Waals surface area contributed by atoms with E-state index in [9.17, 15) is 9.59 Å². The predicted molar refractivity (Wildman–Crippen MR) is 138 cm³/mol. The fourth-order valence-corrected chi connectivity index (χ4v) is 3.22. The molecule has 3 N–H and O–H groups in total. The van der Waals surface area contributed by atoms with E-state index in [1.54, 1.807) is 30.3 Å². The monoisotopic (exact) mass is 468 g/mol. The highest BCUT2D eigenvalue weighted by Gasteiger charge is 2.07. The molecule has 0 aliphatic carbocycles. The van der Waals surface area contributed by atoms with Crippen LogP contribution >= 0.6 is 12.2 Å². The molecule has 0 aliphatic rings. The molecule has 0 aliphatic heterocycles. The van der Waals surface area contributed by atoms with Gasteiger partial charge in [0, 0.05) is 30.4 Å². The summed E-state index contributed by atoms with van der Waals surface area (Å²) in [5.74, 6) is 0.321. The third-order valence-electron chi connectivity index (χ3n) is 4.87. The molecule has 0 heterocycles. The summed E-state index contributed by atoms with van der Waals surface area (Å²) in [6, 6.07) is 14.3. The molecule has 33 heavy (non-hydrogen) atoms. The summed E-state index contributed by atoms with van der Waals surface area (Å²) in [6.45, 7) is 10.1. The molecule has 2 amide bonds. The molecule has 0 spiro atoms. The van der Waals surface area contributed by atoms with E-state index in [-0.39, 0.29) is 16.9 Å². The van der Waals surface area contributed by atoms with Gasteiger partial charge in [-0.25, -0.2) is 0 Å². The minimum atomic E-state index is -0.342. The van der Waals surface area contributed by atoms with Crippen LogP contribution in [0, 0.1) is 0 Å². The number of nitrogens with zero attached hydrogens (tertiary/aromatic N) is 1. The number of hydrogen-bond acceptors (Lipinski definition) is 5. The van der Waals surface area contributed by atoms with Crippen LogP contribution in [0.15, 0.2) is 54.6 Å². The number of likely N-dealkylation sites (N-methyl/N-ethyl adjacent to an activating group) is 1. The molecule has 2 rings (SSSR count). The van der Waals surface area contributed by atoms with Crippen molar-refractivity contribution in [1.29, 1.82) is 0 Å². The van der Waals surface area contributed by atoms with E-state index < -0.39 is 0 Å². The van der Waals surface area contributed by atoms with Gasteiger partial charge in [-0.15, -0.1) is 0 Å². The minimum absolute atomic E-state index is 0.121. The SMILES string of the molecule is CCOc1ccc(/C=C/C(=O)NC(=S)Nc2ccc(C(=O)NCCN(CC)CC)cc2)cc1. The summed E-state index contributed by atoms with van der Waals surface area (Å²) in [4.78, 5) is 26.6. The Hall–Kier alpha value is -3.23. The summed E-state index contributed by atoms with van der Waals surface area (Å²) >= 11 is 5.20. The first kappa shape index (κ1) is 26.0. The van der Waals surface area contributed by atoms with Gasteiger partial charge < -0.3 is 20.3 Å². The minimum Gasteiger partial charge on any atom is -0.494 e. The number of amides is 2. The Bertz CT molecular complexity index is 939. The molecule has 0 saturated heterocycles. The maximum Gasteiger partial charge on any atom is 0.251 e. The lowest BCUT2D eigenvalue weighted by atomic mass is 10.2. The van der Waals surface area contributed by atoms with Gasteiger partial charge in [-0.05, 0) is 80.3 Å². The Morgan fingerprint density at radius 2 is 1.67 bits per heavy atom. The third-order valence-corrected chi connectivity index (χ3v) is 5.07. The zero-order valence-electron chi connectivity index (χ0n) is 19.4. The molecule has 2 aromatic carbocycles. The first-order chi connectivity index (χ1) is 15.9. The lowest BCUT2D eigenvalue weighted by molar-refractivity contribution is -0.115. The number of carbonyl (C=O) groups is 2. The van der Waals surface area contributed by atoms with Gasteiger partial charge in [0.25, 0.3) is 5.91 Å². The normalized spacial score (nSPS) is 10.8. The van der Waals surface area contributed by atoms with Crippen LogP contribution in [0.1, 0.15) is 36.7 Å². The van der Waals surface area contributed by atoms with Crippen LogP contribution in [0.25, 0.3) is 6.08 Å². The number of carbonyl (C=O) groups excluding carboxylic acids is 2. The van der Waals surface area contributed by atoms with E-state index in [0.29, 0.717) is 24.4 Å². The smallest absolute Gasteiger partial charge is 0.251 e. The predicted octanol–water partition coefficient (Wildman–Crippen LogP) is 3.68. The van der Waals surface area contributed by atoms with Crippen LogP contribution in [0.4, 0.5) is 5.69 Å². The molecule has 0 radical (unpaired) electrons. The molecular weight excluding hydrogens is 436 g/mol. The van der Waals surface area contributed by atoms with Gasteiger partial charge in [-0.1, -0.05) is 26.0 Å². The number of benzene rings is 2. The van der Waals surface area contributed by atoms with E-state index >= 15 is 0 Å². The van der Waals surface area contributed by atoms with Crippen LogP contribution in [0.3, 0.4) is 0 Å². The average molecular weight is 469 g/mol. The zero-order valence-corrected chi connectivity index (χ0v) is 20.2. The summed E-state index contributed by atoms with van der Waals surface area (Å²) in [6.07, 6.45) is 3.11. The van der Waals surface area contributed by atoms with Crippen LogP contribution in [0.5, 0.6) is 5.75 Å². The number of nitrogens with one attached hydrogen (secondary N) is 3. The van der Waals surface area contributed by atoms with E-state index in [2.05, 4.69) is 34.7 Å². The van der Waals surface area contributed by atoms with Gasteiger partial charge in [0.1, 0.15) is 5.75 Å². The molecule has 2 aromatic rings. The first-order valence-corrected chi connectivity index (χ1v) is 11.5. The topological polar surface area (TPSA) is 82.7 Å². The first-order valence-electron chi connectivity index (χ1n) is 11.1. The van der Waals surface area contributed by atoms with Crippen LogP contribution in [0.2, 0.25) is 0 Å². The molecule has 0 bridgehead atoms. The molecular formula is C25H32N4O3S. The van der Waals surface area contributed by atoms with Crippen molar-refractivity contribution in [3.8, 4) is 5.75 Å². The summed E-state index contributed by atoms with van der Waals surface area (Å²) < 4.78 is 5.40. The summed E-state index contributed by atoms with van der Waals surface area (Å²) in [5, 5.41) is 8.64. The van der Waals surface area contributed by atoms with Crippen molar-refractivity contribution in [2.45, 2.75) is 20.8 Å². The van der Waals surface area contributed by atoms with E-state index in [1.807, 2.05) is 31.2 Å². The molecule has 0 atom stereocenters. The third kappa shape index (κ3) is 9.43. The van der Waals surface area contributed by atoms with E-state index in [1.165, 1.54) is 6.08 Å². The fraction of sp³-hybridized carbons (Fsp3) is 0.320. The lowest BCUT2D eigenvalue weighted by Gasteiger charge is -2.18. The second kappa shape index (κ2) is 14.0. The number of ether oxygens (including phenoxy) is 1. The largest absolute Gasteiger partial charge is 0.494 e. The number of thiocarbonyl (C=S) groups is 1. The van der Waals surface area contributed by atoms with Crippen molar-refractivity contribution in [2.24, 2.45) is 0 Å². The highest BCUT2D eigenvalue weighted by Crippen LogP contribution is 2.13. The van der Waals surface area contributed by atoms with Crippen molar-refractivity contribution in [1.82, 2.24) is 15.5 Å². The van der Waals surface area contributed by atoms with Crippen molar-refractivity contribution < 1.29 is 14.3 Å². The van der Waals surface area contributed by atoms with Crippen LogP contribution < -0.4 is 20.7 Å². The zero-order chi connectivity index (χ0) is 24.1. The van der Waals surface area contributed by atoms with Crippen molar-refractivity contribution in [2.75, 3.05) is 38.1 Å². The van der Waals surface area contributed by atoms with Gasteiger partial charge in [0.05, 0.1) is 6.61 Å². The Balaban J connectivity index is 1.79. The molecule has 0 saturated carbocycles. The maximum absolute atomic E-state index is 12.3. The quantitative estimate of drug-likeness (QED) is 0.345. The van der Waals surface area contributed by atoms with Crippen molar-refractivity contribution in [3.63, 3.8) is 0 Å². The summed E-state index contributed by atoms with van der Waals surface area (Å²) in [5.41, 5.74) is 2.11. The second-order valence-electron chi connectivity index (χ2n) is 7.14. The molecule has 8 heteroatoms. The standard InChI is InChI=1S/C25H32N4O3S/c1-4-29(5-2)18-17-26-24(31)20-10-12-21(13-11-20)27-25(33)28-23(30)16-9-19-7-14-22(15-8-19)32-6-3/h7-16H,4-6,17-18H2,1-3H3,(H,26,31)(H2,27,28,30,33)/b16-9+. The second-order valence-corrected chi connectivity index (χ2v) is 7.55. The van der Waals surface area contributed by atoms with Crippen molar-refractivity contribution in [3.05, 3.63) is 65.7 Å². The number of rotatable bonds is 11. The van der Waals surface area contributed by atoms with Gasteiger partial charge in [-0.3, -0.25) is 14.9 Å². The van der Waals surface area contributed by atoms with Gasteiger partial charge in [0.2, 0.25) is 5.91 Å². The molecule has 7 nitrogen and oxygen atoms in total. The highest BCUT2D eigenvalue weighted by molar-refractivity contribution is 7.80.